The number of hydrogen-bond acceptors (Lipinski definition) is 4. The highest BCUT2D eigenvalue weighted by Crippen LogP contribution is 2.39. The summed E-state index contributed by atoms with van der Waals surface area (Å²) in [5.74, 6) is 1.01. The number of hydrogen-bond donors (Lipinski definition) is 0. The van der Waals surface area contributed by atoms with Crippen molar-refractivity contribution in [3.8, 4) is 51.0 Å². The first-order valence-corrected chi connectivity index (χ1v) is 16.0. The van der Waals surface area contributed by atoms with Crippen molar-refractivity contribution in [1.29, 1.82) is 0 Å². The van der Waals surface area contributed by atoms with Gasteiger partial charge in [0.05, 0.1) is 27.7 Å². The SMILES string of the molecule is [2H]c1c([2H])c([2H])c2c(c1[2H])c1c([2H])c([2H])c([2H])c([2H])c1n2-c1cc(-c2ccc3c(c2)oc2ccccc23)ccc1-c1nc(-c2ccccc2)nc(-c2ccccc2)n1. The van der Waals surface area contributed by atoms with Gasteiger partial charge in [-0.2, -0.15) is 0 Å². The lowest BCUT2D eigenvalue weighted by Gasteiger charge is -2.16. The van der Waals surface area contributed by atoms with Crippen LogP contribution in [-0.2, 0) is 0 Å². The van der Waals surface area contributed by atoms with Crippen molar-refractivity contribution in [1.82, 2.24) is 19.5 Å². The first-order valence-electron chi connectivity index (χ1n) is 20.0. The third kappa shape index (κ3) is 4.60. The van der Waals surface area contributed by atoms with Crippen LogP contribution in [0.5, 0.6) is 0 Å². The summed E-state index contributed by atoms with van der Waals surface area (Å²) in [6.07, 6.45) is 0. The zero-order valence-electron chi connectivity index (χ0n) is 34.2. The zero-order chi connectivity index (χ0) is 40.0. The van der Waals surface area contributed by atoms with E-state index in [2.05, 4.69) is 0 Å². The number of aromatic nitrogens is 4. The van der Waals surface area contributed by atoms with E-state index in [1.54, 1.807) is 0 Å². The molecule has 7 aromatic carbocycles. The van der Waals surface area contributed by atoms with Crippen LogP contribution in [0.15, 0.2) is 174 Å². The quantitative estimate of drug-likeness (QED) is 0.186. The van der Waals surface area contributed by atoms with Gasteiger partial charge in [-0.3, -0.25) is 0 Å². The number of para-hydroxylation sites is 3. The monoisotopic (exact) mass is 648 g/mol. The fourth-order valence-electron chi connectivity index (χ4n) is 6.58. The Balaban J connectivity index is 1.35. The lowest BCUT2D eigenvalue weighted by Crippen LogP contribution is -2.04. The van der Waals surface area contributed by atoms with Gasteiger partial charge in [-0.25, -0.2) is 15.0 Å². The van der Waals surface area contributed by atoms with Crippen LogP contribution in [0.25, 0.3) is 94.7 Å². The molecule has 50 heavy (non-hydrogen) atoms. The minimum absolute atomic E-state index is 0.0141. The molecule has 0 saturated carbocycles. The lowest BCUT2D eigenvalue weighted by atomic mass is 10.00. The Morgan fingerprint density at radius 3 is 1.66 bits per heavy atom. The van der Waals surface area contributed by atoms with Crippen molar-refractivity contribution in [2.45, 2.75) is 0 Å². The summed E-state index contributed by atoms with van der Waals surface area (Å²) < 4.78 is 79.0. The highest BCUT2D eigenvalue weighted by molar-refractivity contribution is 6.10. The molecule has 0 aliphatic heterocycles. The van der Waals surface area contributed by atoms with Crippen LogP contribution in [0.3, 0.4) is 0 Å². The molecular formula is C45H28N4O. The van der Waals surface area contributed by atoms with Crippen molar-refractivity contribution < 1.29 is 15.4 Å². The largest absolute Gasteiger partial charge is 0.456 e. The third-order valence-corrected chi connectivity index (χ3v) is 8.92. The second-order valence-corrected chi connectivity index (χ2v) is 11.9. The summed E-state index contributed by atoms with van der Waals surface area (Å²) in [5.41, 5.74) is 5.07. The molecule has 0 spiro atoms. The molecule has 0 aliphatic carbocycles. The van der Waals surface area contributed by atoms with Crippen LogP contribution in [0.2, 0.25) is 0 Å². The first-order chi connectivity index (χ1) is 28.1. The van der Waals surface area contributed by atoms with Gasteiger partial charge in [0.25, 0.3) is 0 Å². The molecule has 5 nitrogen and oxygen atoms in total. The van der Waals surface area contributed by atoms with Crippen LogP contribution < -0.4 is 0 Å². The van der Waals surface area contributed by atoms with E-state index < -0.39 is 48.3 Å². The second-order valence-electron chi connectivity index (χ2n) is 11.9. The summed E-state index contributed by atoms with van der Waals surface area (Å²) in [4.78, 5) is 14.8. The average Bonchev–Trinajstić information content (AvgIpc) is 3.83. The number of furan rings is 1. The van der Waals surface area contributed by atoms with Crippen molar-refractivity contribution >= 4 is 43.7 Å². The molecule has 0 N–H and O–H groups in total. The fourth-order valence-corrected chi connectivity index (χ4v) is 6.58. The fraction of sp³-hybridized carbons (Fsp3) is 0. The minimum atomic E-state index is -0.519. The molecule has 0 radical (unpaired) electrons. The van der Waals surface area contributed by atoms with Gasteiger partial charge in [-0.1, -0.05) is 127 Å². The van der Waals surface area contributed by atoms with Crippen molar-refractivity contribution in [2.24, 2.45) is 0 Å². The summed E-state index contributed by atoms with van der Waals surface area (Å²) in [5, 5.41) is 1.86. The molecule has 0 amide bonds. The van der Waals surface area contributed by atoms with Gasteiger partial charge in [0, 0.05) is 38.2 Å². The van der Waals surface area contributed by atoms with Gasteiger partial charge in [0.1, 0.15) is 11.2 Å². The molecule has 10 rings (SSSR count). The Labute approximate surface area is 299 Å². The topological polar surface area (TPSA) is 56.7 Å². The molecule has 0 fully saturated rings. The van der Waals surface area contributed by atoms with Gasteiger partial charge >= 0.3 is 0 Å². The Hall–Kier alpha value is -6.85. The summed E-state index contributed by atoms with van der Waals surface area (Å²) >= 11 is 0. The molecule has 0 saturated heterocycles. The van der Waals surface area contributed by atoms with Crippen LogP contribution >= 0.6 is 0 Å². The molecular weight excluding hydrogens is 613 g/mol. The maximum Gasteiger partial charge on any atom is 0.166 e. The molecule has 3 heterocycles. The van der Waals surface area contributed by atoms with Gasteiger partial charge < -0.3 is 8.98 Å². The summed E-state index contributed by atoms with van der Waals surface area (Å²) in [6.45, 7) is 0. The van der Waals surface area contributed by atoms with Gasteiger partial charge in [0.15, 0.2) is 17.5 Å². The number of nitrogens with zero attached hydrogens (tertiary/aromatic N) is 4. The summed E-state index contributed by atoms with van der Waals surface area (Å²) in [7, 11) is 0. The van der Waals surface area contributed by atoms with Crippen LogP contribution in [0, 0.1) is 0 Å². The van der Waals surface area contributed by atoms with E-state index in [9.17, 15) is 2.74 Å². The predicted octanol–water partition coefficient (Wildman–Crippen LogP) is 11.5. The van der Waals surface area contributed by atoms with Gasteiger partial charge in [0.2, 0.25) is 0 Å². The van der Waals surface area contributed by atoms with Crippen molar-refractivity contribution in [3.05, 3.63) is 170 Å². The number of fused-ring (bicyclic) bond motifs is 6. The van der Waals surface area contributed by atoms with E-state index in [0.29, 0.717) is 34.0 Å². The average molecular weight is 649 g/mol. The Bertz CT molecular complexity index is 3200. The standard InChI is InChI=1S/C45H28N4O/c1-3-13-29(14-4-1)43-46-44(30-15-5-2-6-16-30)48-45(47-43)37-26-24-31(32-23-25-36-35-19-9-12-22-41(35)50-42(36)28-32)27-40(37)49-38-20-10-7-17-33(38)34-18-8-11-21-39(34)49/h1-28H/i7D,8D,10D,11D,17D,18D,20D,21D. The van der Waals surface area contributed by atoms with E-state index in [1.165, 1.54) is 4.57 Å². The zero-order valence-corrected chi connectivity index (χ0v) is 26.2. The predicted molar refractivity (Wildman–Crippen MR) is 203 cm³/mol. The van der Waals surface area contributed by atoms with Crippen molar-refractivity contribution in [3.63, 3.8) is 0 Å². The maximum absolute atomic E-state index is 9.24. The first kappa shape index (κ1) is 21.2. The molecule has 10 aromatic rings. The second kappa shape index (κ2) is 11.4. The smallest absolute Gasteiger partial charge is 0.166 e. The van der Waals surface area contributed by atoms with Crippen LogP contribution in [0.1, 0.15) is 11.0 Å². The Kier molecular flexibility index (Phi) is 4.83. The maximum atomic E-state index is 9.24. The third-order valence-electron chi connectivity index (χ3n) is 8.92. The van der Waals surface area contributed by atoms with E-state index >= 15 is 0 Å². The molecule has 5 heteroatoms. The lowest BCUT2D eigenvalue weighted by molar-refractivity contribution is 0.669. The Morgan fingerprint density at radius 2 is 0.980 bits per heavy atom. The van der Waals surface area contributed by atoms with Gasteiger partial charge in [-0.05, 0) is 53.5 Å². The van der Waals surface area contributed by atoms with Gasteiger partial charge in [-0.15, -0.1) is 0 Å². The highest BCUT2D eigenvalue weighted by atomic mass is 16.3. The molecule has 0 bridgehead atoms. The molecule has 0 unspecified atom stereocenters. The van der Waals surface area contributed by atoms with Crippen LogP contribution in [0.4, 0.5) is 0 Å². The number of benzene rings is 7. The highest BCUT2D eigenvalue weighted by Gasteiger charge is 2.20. The Morgan fingerprint density at radius 1 is 0.440 bits per heavy atom. The van der Waals surface area contributed by atoms with E-state index in [1.807, 2.05) is 121 Å². The van der Waals surface area contributed by atoms with E-state index in [4.69, 9.17) is 27.6 Å². The normalized spacial score (nSPS) is 13.8. The van der Waals surface area contributed by atoms with E-state index in [-0.39, 0.29) is 27.6 Å². The van der Waals surface area contributed by atoms with Crippen LogP contribution in [-0.4, -0.2) is 19.5 Å². The molecule has 3 aromatic heterocycles. The number of rotatable bonds is 5. The van der Waals surface area contributed by atoms with E-state index in [0.717, 1.165) is 33.0 Å². The summed E-state index contributed by atoms with van der Waals surface area (Å²) in [6, 6.07) is 34.4. The molecule has 0 aliphatic rings. The molecule has 234 valence electrons. The minimum Gasteiger partial charge on any atom is -0.456 e. The van der Waals surface area contributed by atoms with Crippen molar-refractivity contribution in [2.75, 3.05) is 0 Å². The molecule has 0 atom stereocenters.